The highest BCUT2D eigenvalue weighted by Crippen LogP contribution is 2.41. The van der Waals surface area contributed by atoms with E-state index in [0.29, 0.717) is 12.8 Å². The van der Waals surface area contributed by atoms with E-state index in [1.54, 1.807) is 4.90 Å². The third kappa shape index (κ3) is 5.79. The van der Waals surface area contributed by atoms with Gasteiger partial charge >= 0.3 is 12.1 Å². The molecule has 0 spiro atoms. The quantitative estimate of drug-likeness (QED) is 0.689. The number of amides is 1. The number of carboxylic acids is 1. The topological polar surface area (TPSA) is 76.1 Å². The molecule has 31 heavy (non-hydrogen) atoms. The molecule has 0 aromatic heterocycles. The van der Waals surface area contributed by atoms with Crippen molar-refractivity contribution in [1.29, 1.82) is 0 Å². The highest BCUT2D eigenvalue weighted by Gasteiger charge is 2.52. The SMILES string of the molecule is CC(C)(C)OC(=O)N1[C@@H](Cc2ccccc2)[C@@H](C[C@@H]2CCCC[C@H]2C(=O)O)OC1(C)C. The largest absolute Gasteiger partial charge is 0.481 e. The van der Waals surface area contributed by atoms with Gasteiger partial charge in [-0.15, -0.1) is 0 Å². The molecule has 1 aliphatic heterocycles. The summed E-state index contributed by atoms with van der Waals surface area (Å²) in [6.07, 6.45) is 4.26. The molecule has 1 aliphatic carbocycles. The summed E-state index contributed by atoms with van der Waals surface area (Å²) in [6.45, 7) is 9.36. The van der Waals surface area contributed by atoms with E-state index in [9.17, 15) is 14.7 Å². The predicted molar refractivity (Wildman–Crippen MR) is 119 cm³/mol. The fraction of sp³-hybridized carbons (Fsp3) is 0.680. The van der Waals surface area contributed by atoms with Crippen LogP contribution in [0.1, 0.15) is 72.3 Å². The lowest BCUT2D eigenvalue weighted by molar-refractivity contribution is -0.145. The monoisotopic (exact) mass is 431 g/mol. The zero-order chi connectivity index (χ0) is 22.8. The summed E-state index contributed by atoms with van der Waals surface area (Å²) in [7, 11) is 0. The van der Waals surface area contributed by atoms with Crippen LogP contribution in [0, 0.1) is 11.8 Å². The number of rotatable bonds is 5. The summed E-state index contributed by atoms with van der Waals surface area (Å²) >= 11 is 0. The van der Waals surface area contributed by atoms with E-state index in [1.165, 1.54) is 0 Å². The molecule has 2 aliphatic rings. The molecule has 1 heterocycles. The average molecular weight is 432 g/mol. The summed E-state index contributed by atoms with van der Waals surface area (Å²) in [6, 6.07) is 9.84. The molecule has 6 heteroatoms. The lowest BCUT2D eigenvalue weighted by atomic mass is 9.75. The number of carbonyl (C=O) groups excluding carboxylic acids is 1. The van der Waals surface area contributed by atoms with Gasteiger partial charge in [0, 0.05) is 0 Å². The molecule has 1 aromatic rings. The van der Waals surface area contributed by atoms with Gasteiger partial charge in [-0.1, -0.05) is 43.2 Å². The molecule has 1 saturated carbocycles. The number of aliphatic carboxylic acids is 1. The van der Waals surface area contributed by atoms with Crippen molar-refractivity contribution in [2.45, 2.75) is 96.6 Å². The molecule has 1 aromatic carbocycles. The molecule has 1 saturated heterocycles. The average Bonchev–Trinajstić information content (AvgIpc) is 2.91. The van der Waals surface area contributed by atoms with Crippen LogP contribution in [0.3, 0.4) is 0 Å². The molecular weight excluding hydrogens is 394 g/mol. The van der Waals surface area contributed by atoms with E-state index in [4.69, 9.17) is 9.47 Å². The minimum absolute atomic E-state index is 0.0592. The Kier molecular flexibility index (Phi) is 6.99. The second-order valence-electron chi connectivity index (χ2n) is 10.4. The minimum atomic E-state index is -0.833. The normalized spacial score (nSPS) is 28.4. The fourth-order valence-corrected chi connectivity index (χ4v) is 5.13. The molecule has 1 N–H and O–H groups in total. The third-order valence-corrected chi connectivity index (χ3v) is 6.42. The van der Waals surface area contributed by atoms with Crippen molar-refractivity contribution in [1.82, 2.24) is 4.90 Å². The highest BCUT2D eigenvalue weighted by atomic mass is 16.6. The van der Waals surface area contributed by atoms with Crippen LogP contribution in [0.15, 0.2) is 30.3 Å². The molecule has 2 fully saturated rings. The summed E-state index contributed by atoms with van der Waals surface area (Å²) < 4.78 is 12.2. The summed E-state index contributed by atoms with van der Waals surface area (Å²) in [4.78, 5) is 26.8. The number of benzene rings is 1. The summed E-state index contributed by atoms with van der Waals surface area (Å²) in [5, 5.41) is 9.73. The first-order chi connectivity index (χ1) is 14.5. The minimum Gasteiger partial charge on any atom is -0.481 e. The number of carboxylic acid groups (broad SMARTS) is 1. The summed E-state index contributed by atoms with van der Waals surface area (Å²) in [5.74, 6) is -0.997. The predicted octanol–water partition coefficient (Wildman–Crippen LogP) is 5.25. The number of carbonyl (C=O) groups is 2. The van der Waals surface area contributed by atoms with Gasteiger partial charge in [0.1, 0.15) is 11.3 Å². The van der Waals surface area contributed by atoms with E-state index in [2.05, 4.69) is 12.1 Å². The van der Waals surface area contributed by atoms with Crippen molar-refractivity contribution in [3.8, 4) is 0 Å². The molecule has 0 unspecified atom stereocenters. The van der Waals surface area contributed by atoms with Crippen molar-refractivity contribution in [2.75, 3.05) is 0 Å². The van der Waals surface area contributed by atoms with Crippen molar-refractivity contribution in [2.24, 2.45) is 11.8 Å². The first kappa shape index (κ1) is 23.6. The molecule has 0 bridgehead atoms. The molecular formula is C25H37NO5. The second-order valence-corrected chi connectivity index (χ2v) is 10.4. The van der Waals surface area contributed by atoms with E-state index < -0.39 is 17.3 Å². The Bertz CT molecular complexity index is 770. The smallest absolute Gasteiger partial charge is 0.412 e. The van der Waals surface area contributed by atoms with Gasteiger partial charge in [-0.25, -0.2) is 4.79 Å². The lowest BCUT2D eigenvalue weighted by Crippen LogP contribution is -2.51. The Labute approximate surface area is 185 Å². The standard InChI is InChI=1S/C25H37NO5/c1-24(2,3)31-23(29)26-20(15-17-11-7-6-8-12-17)21(30-25(26,4)5)16-18-13-9-10-14-19(18)22(27)28/h6-8,11-12,18-21H,9-10,13-16H2,1-5H3,(H,27,28)/t18-,19+,20-,21+/m0/s1. The lowest BCUT2D eigenvalue weighted by Gasteiger charge is -2.35. The Balaban J connectivity index is 1.89. The van der Waals surface area contributed by atoms with E-state index >= 15 is 0 Å². The molecule has 0 radical (unpaired) electrons. The maximum absolute atomic E-state index is 13.2. The molecule has 6 nitrogen and oxygen atoms in total. The fourth-order valence-electron chi connectivity index (χ4n) is 5.13. The Morgan fingerprint density at radius 2 is 1.81 bits per heavy atom. The molecule has 172 valence electrons. The van der Waals surface area contributed by atoms with Crippen molar-refractivity contribution in [3.05, 3.63) is 35.9 Å². The van der Waals surface area contributed by atoms with Crippen LogP contribution < -0.4 is 0 Å². The Hall–Kier alpha value is -2.08. The third-order valence-electron chi connectivity index (χ3n) is 6.42. The van der Waals surface area contributed by atoms with Crippen LogP contribution in [0.5, 0.6) is 0 Å². The maximum atomic E-state index is 13.2. The van der Waals surface area contributed by atoms with E-state index in [1.807, 2.05) is 52.8 Å². The van der Waals surface area contributed by atoms with Crippen LogP contribution in [0.4, 0.5) is 4.79 Å². The van der Waals surface area contributed by atoms with Crippen LogP contribution in [0.25, 0.3) is 0 Å². The number of hydrogen-bond donors (Lipinski definition) is 1. The number of hydrogen-bond acceptors (Lipinski definition) is 4. The van der Waals surface area contributed by atoms with Gasteiger partial charge in [0.25, 0.3) is 0 Å². The zero-order valence-corrected chi connectivity index (χ0v) is 19.5. The zero-order valence-electron chi connectivity index (χ0n) is 19.5. The highest BCUT2D eigenvalue weighted by molar-refractivity contribution is 5.71. The first-order valence-electron chi connectivity index (χ1n) is 11.4. The van der Waals surface area contributed by atoms with Gasteiger partial charge in [-0.3, -0.25) is 9.69 Å². The number of nitrogens with zero attached hydrogens (tertiary/aromatic N) is 1. The first-order valence-corrected chi connectivity index (χ1v) is 11.4. The molecule has 1 amide bonds. The molecule has 4 atom stereocenters. The Morgan fingerprint density at radius 1 is 1.16 bits per heavy atom. The van der Waals surface area contributed by atoms with Gasteiger partial charge in [0.05, 0.1) is 18.1 Å². The van der Waals surface area contributed by atoms with Gasteiger partial charge in [-0.2, -0.15) is 0 Å². The second kappa shape index (κ2) is 9.19. The van der Waals surface area contributed by atoms with E-state index in [-0.39, 0.29) is 30.1 Å². The van der Waals surface area contributed by atoms with Gasteiger partial charge in [0.2, 0.25) is 0 Å². The van der Waals surface area contributed by atoms with Gasteiger partial charge in [-0.05, 0) is 71.8 Å². The van der Waals surface area contributed by atoms with Gasteiger partial charge in [0.15, 0.2) is 0 Å². The maximum Gasteiger partial charge on any atom is 0.412 e. The number of ether oxygens (including phenoxy) is 2. The Morgan fingerprint density at radius 3 is 2.42 bits per heavy atom. The van der Waals surface area contributed by atoms with Crippen molar-refractivity contribution < 1.29 is 24.2 Å². The van der Waals surface area contributed by atoms with Crippen LogP contribution in [0.2, 0.25) is 0 Å². The van der Waals surface area contributed by atoms with E-state index in [0.717, 1.165) is 31.2 Å². The molecule has 3 rings (SSSR count). The summed E-state index contributed by atoms with van der Waals surface area (Å²) in [5.41, 5.74) is -0.328. The van der Waals surface area contributed by atoms with Gasteiger partial charge < -0.3 is 14.6 Å². The van der Waals surface area contributed by atoms with Crippen molar-refractivity contribution >= 4 is 12.1 Å². The van der Waals surface area contributed by atoms with Crippen molar-refractivity contribution in [3.63, 3.8) is 0 Å². The van der Waals surface area contributed by atoms with Crippen LogP contribution >= 0.6 is 0 Å². The van der Waals surface area contributed by atoms with Crippen LogP contribution in [-0.2, 0) is 20.7 Å². The van der Waals surface area contributed by atoms with Crippen LogP contribution in [-0.4, -0.2) is 45.5 Å².